The first-order chi connectivity index (χ1) is 13.6. The molecule has 1 saturated heterocycles. The van der Waals surface area contributed by atoms with Crippen LogP contribution in [0.3, 0.4) is 0 Å². The van der Waals surface area contributed by atoms with Crippen LogP contribution in [0, 0.1) is 0 Å². The number of esters is 1. The zero-order valence-corrected chi connectivity index (χ0v) is 16.2. The van der Waals surface area contributed by atoms with Gasteiger partial charge in [-0.1, -0.05) is 13.8 Å². The molecular formula is C19H22F2N2O6. The number of halogens is 2. The topological polar surface area (TPSA) is 102 Å². The number of benzene rings is 1. The lowest BCUT2D eigenvalue weighted by atomic mass is 9.93. The van der Waals surface area contributed by atoms with Gasteiger partial charge in [0.2, 0.25) is 5.78 Å². The van der Waals surface area contributed by atoms with Gasteiger partial charge in [-0.25, -0.2) is 4.79 Å². The van der Waals surface area contributed by atoms with Crippen molar-refractivity contribution in [3.05, 3.63) is 29.8 Å². The Hall–Kier alpha value is -3.04. The van der Waals surface area contributed by atoms with Crippen molar-refractivity contribution < 1.29 is 37.4 Å². The summed E-state index contributed by atoms with van der Waals surface area (Å²) in [4.78, 5) is 49.8. The molecule has 3 amide bonds. The van der Waals surface area contributed by atoms with E-state index in [-0.39, 0.29) is 11.3 Å². The van der Waals surface area contributed by atoms with Gasteiger partial charge in [-0.3, -0.25) is 19.3 Å². The summed E-state index contributed by atoms with van der Waals surface area (Å²) < 4.78 is 33.6. The molecule has 29 heavy (non-hydrogen) atoms. The van der Waals surface area contributed by atoms with Crippen molar-refractivity contribution in [1.29, 1.82) is 0 Å². The van der Waals surface area contributed by atoms with Crippen molar-refractivity contribution in [3.63, 3.8) is 0 Å². The molecule has 1 fully saturated rings. The Balaban J connectivity index is 1.97. The number of ketones is 1. The maximum absolute atomic E-state index is 12.5. The highest BCUT2D eigenvalue weighted by molar-refractivity contribution is 6.08. The maximum Gasteiger partial charge on any atom is 0.387 e. The number of urea groups is 1. The van der Waals surface area contributed by atoms with Crippen LogP contribution in [0.4, 0.5) is 13.6 Å². The van der Waals surface area contributed by atoms with E-state index in [2.05, 4.69) is 10.1 Å². The number of nitrogens with one attached hydrogen (secondary N) is 1. The predicted octanol–water partition coefficient (Wildman–Crippen LogP) is 2.51. The van der Waals surface area contributed by atoms with Crippen LogP contribution >= 0.6 is 0 Å². The molecule has 1 atom stereocenters. The molecule has 0 aliphatic carbocycles. The van der Waals surface area contributed by atoms with Crippen molar-refractivity contribution in [3.8, 4) is 5.75 Å². The first-order valence-electron chi connectivity index (χ1n) is 9.06. The molecule has 0 radical (unpaired) electrons. The lowest BCUT2D eigenvalue weighted by molar-refractivity contribution is -0.150. The quantitative estimate of drug-likeness (QED) is 0.380. The molecular weight excluding hydrogens is 390 g/mol. The molecule has 0 unspecified atom stereocenters. The molecule has 1 aromatic rings. The number of Topliss-reactive ketones (excluding diaryl/α,β-unsaturated/α-hetero) is 1. The second-order valence-electron chi connectivity index (χ2n) is 6.51. The number of hydrogen-bond donors (Lipinski definition) is 1. The zero-order chi connectivity index (χ0) is 21.8. The summed E-state index contributed by atoms with van der Waals surface area (Å²) in [5.41, 5.74) is -0.918. The van der Waals surface area contributed by atoms with E-state index in [0.717, 1.165) is 4.90 Å². The molecule has 10 heteroatoms. The fraction of sp³-hybridized carbons (Fsp3) is 0.474. The normalized spacial score (nSPS) is 16.6. The summed E-state index contributed by atoms with van der Waals surface area (Å²) in [6, 6.07) is 4.22. The van der Waals surface area contributed by atoms with E-state index in [4.69, 9.17) is 4.74 Å². The highest BCUT2D eigenvalue weighted by Gasteiger charge is 2.49. The first-order valence-corrected chi connectivity index (χ1v) is 9.06. The molecule has 1 N–H and O–H groups in total. The van der Waals surface area contributed by atoms with Gasteiger partial charge >= 0.3 is 18.6 Å². The van der Waals surface area contributed by atoms with Gasteiger partial charge in [0.05, 0.1) is 0 Å². The van der Waals surface area contributed by atoms with E-state index in [1.807, 2.05) is 0 Å². The summed E-state index contributed by atoms with van der Waals surface area (Å²) in [6.07, 6.45) is -0.452. The molecule has 1 heterocycles. The van der Waals surface area contributed by atoms with Gasteiger partial charge in [-0.05, 0) is 44.0 Å². The number of carbonyl (C=O) groups excluding carboxylic acids is 4. The number of amides is 3. The minimum absolute atomic E-state index is 0.116. The average molecular weight is 412 g/mol. The van der Waals surface area contributed by atoms with Gasteiger partial charge in [0.15, 0.2) is 6.10 Å². The summed E-state index contributed by atoms with van der Waals surface area (Å²) in [5, 5.41) is 2.59. The van der Waals surface area contributed by atoms with Crippen molar-refractivity contribution >= 4 is 23.7 Å². The summed E-state index contributed by atoms with van der Waals surface area (Å²) in [5.74, 6) is -2.13. The van der Waals surface area contributed by atoms with Crippen molar-refractivity contribution in [2.75, 3.05) is 6.54 Å². The fourth-order valence-corrected chi connectivity index (χ4v) is 3.00. The number of carbonyl (C=O) groups is 4. The van der Waals surface area contributed by atoms with Crippen molar-refractivity contribution in [2.45, 2.75) is 51.9 Å². The molecule has 1 aliphatic rings. The van der Waals surface area contributed by atoms with E-state index in [0.29, 0.717) is 12.8 Å². The van der Waals surface area contributed by atoms with Crippen LogP contribution in [0.2, 0.25) is 0 Å². The van der Waals surface area contributed by atoms with Crippen molar-refractivity contribution in [1.82, 2.24) is 10.2 Å². The van der Waals surface area contributed by atoms with Gasteiger partial charge in [0, 0.05) is 5.56 Å². The number of imide groups is 1. The molecule has 158 valence electrons. The standard InChI is InChI=1S/C19H22F2N2O6/c1-4-19(5-2)16(26)23(18(27)22-19)10-14(24)28-11(3)15(25)12-6-8-13(9-7-12)29-17(20)21/h6-9,11,17H,4-5,10H2,1-3H3,(H,22,27)/t11-/m1/s1. The molecule has 0 aromatic heterocycles. The Morgan fingerprint density at radius 1 is 1.14 bits per heavy atom. The van der Waals surface area contributed by atoms with E-state index in [1.165, 1.54) is 31.2 Å². The van der Waals surface area contributed by atoms with Crippen LogP contribution in [0.15, 0.2) is 24.3 Å². The summed E-state index contributed by atoms with van der Waals surface area (Å²) >= 11 is 0. The molecule has 8 nitrogen and oxygen atoms in total. The predicted molar refractivity (Wildman–Crippen MR) is 96.5 cm³/mol. The van der Waals surface area contributed by atoms with E-state index in [1.54, 1.807) is 13.8 Å². The number of hydrogen-bond acceptors (Lipinski definition) is 6. The Kier molecular flexibility index (Phi) is 6.89. The van der Waals surface area contributed by atoms with Gasteiger partial charge in [0.25, 0.3) is 5.91 Å². The fourth-order valence-electron chi connectivity index (χ4n) is 3.00. The van der Waals surface area contributed by atoms with E-state index >= 15 is 0 Å². The molecule has 1 aromatic carbocycles. The zero-order valence-electron chi connectivity index (χ0n) is 16.2. The third-order valence-corrected chi connectivity index (χ3v) is 4.78. The van der Waals surface area contributed by atoms with Crippen LogP contribution in [0.5, 0.6) is 5.75 Å². The minimum atomic E-state index is -2.99. The maximum atomic E-state index is 12.5. The van der Waals surface area contributed by atoms with Gasteiger partial charge in [-0.15, -0.1) is 0 Å². The highest BCUT2D eigenvalue weighted by atomic mass is 19.3. The smallest absolute Gasteiger partial charge is 0.387 e. The second kappa shape index (κ2) is 8.97. The Morgan fingerprint density at radius 2 is 1.72 bits per heavy atom. The summed E-state index contributed by atoms with van der Waals surface area (Å²) in [7, 11) is 0. The second-order valence-corrected chi connectivity index (χ2v) is 6.51. The van der Waals surface area contributed by atoms with Crippen molar-refractivity contribution in [2.24, 2.45) is 0 Å². The SMILES string of the molecule is CCC1(CC)NC(=O)N(CC(=O)O[C@H](C)C(=O)c2ccc(OC(F)F)cc2)C1=O. The molecule has 2 rings (SSSR count). The average Bonchev–Trinajstić information content (AvgIpc) is 2.92. The monoisotopic (exact) mass is 412 g/mol. The highest BCUT2D eigenvalue weighted by Crippen LogP contribution is 2.25. The van der Waals surface area contributed by atoms with Crippen LogP contribution in [-0.2, 0) is 14.3 Å². The largest absolute Gasteiger partial charge is 0.453 e. The molecule has 0 saturated carbocycles. The van der Waals surface area contributed by atoms with Crippen LogP contribution in [0.1, 0.15) is 44.0 Å². The lowest BCUT2D eigenvalue weighted by Crippen LogP contribution is -2.46. The first kappa shape index (κ1) is 22.3. The van der Waals surface area contributed by atoms with E-state index < -0.39 is 48.5 Å². The van der Waals surface area contributed by atoms with Gasteiger partial charge in [-0.2, -0.15) is 8.78 Å². The number of nitrogens with zero attached hydrogens (tertiary/aromatic N) is 1. The third-order valence-electron chi connectivity index (χ3n) is 4.78. The number of ether oxygens (including phenoxy) is 2. The van der Waals surface area contributed by atoms with Gasteiger partial charge in [0.1, 0.15) is 17.8 Å². The van der Waals surface area contributed by atoms with E-state index in [9.17, 15) is 28.0 Å². The molecule has 1 aliphatic heterocycles. The van der Waals surface area contributed by atoms with Gasteiger partial charge < -0.3 is 14.8 Å². The Bertz CT molecular complexity index is 792. The number of rotatable bonds is 9. The van der Waals surface area contributed by atoms with Crippen LogP contribution in [0.25, 0.3) is 0 Å². The number of alkyl halides is 2. The summed E-state index contributed by atoms with van der Waals surface area (Å²) in [6.45, 7) is 1.23. The third kappa shape index (κ3) is 4.87. The Labute approximate surface area is 166 Å². The molecule has 0 spiro atoms. The lowest BCUT2D eigenvalue weighted by Gasteiger charge is -2.23. The Morgan fingerprint density at radius 3 is 2.21 bits per heavy atom. The molecule has 0 bridgehead atoms. The minimum Gasteiger partial charge on any atom is -0.453 e. The van der Waals surface area contributed by atoms with Crippen LogP contribution < -0.4 is 10.1 Å². The van der Waals surface area contributed by atoms with Crippen LogP contribution in [-0.4, -0.2) is 53.4 Å².